The third-order valence-electron chi connectivity index (χ3n) is 3.60. The quantitative estimate of drug-likeness (QED) is 0.835. The van der Waals surface area contributed by atoms with Crippen LogP contribution in [0.1, 0.15) is 25.7 Å². The van der Waals surface area contributed by atoms with Gasteiger partial charge in [0.25, 0.3) is 0 Å². The maximum Gasteiger partial charge on any atom is 0.190 e. The second-order valence-electron chi connectivity index (χ2n) is 5.00. The number of benzene rings is 1. The van der Waals surface area contributed by atoms with Crippen LogP contribution in [-0.2, 0) is 9.53 Å². The molecule has 0 radical (unpaired) electrons. The maximum absolute atomic E-state index is 12.1. The van der Waals surface area contributed by atoms with E-state index < -0.39 is 6.10 Å². The molecule has 0 amide bonds. The Morgan fingerprint density at radius 1 is 1.26 bits per heavy atom. The third kappa shape index (κ3) is 2.89. The molecule has 0 spiro atoms. The Hall–Kier alpha value is -1.55. The van der Waals surface area contributed by atoms with Gasteiger partial charge in [-0.05, 0) is 31.4 Å². The number of ketones is 1. The first-order chi connectivity index (χ1) is 9.33. The van der Waals surface area contributed by atoms with Gasteiger partial charge in [-0.2, -0.15) is 0 Å². The van der Waals surface area contributed by atoms with Crippen LogP contribution in [-0.4, -0.2) is 31.2 Å². The van der Waals surface area contributed by atoms with E-state index in [2.05, 4.69) is 0 Å². The predicted octanol–water partition coefficient (Wildman–Crippen LogP) is 2.35. The predicted molar refractivity (Wildman–Crippen MR) is 69.6 cm³/mol. The number of fused-ring (bicyclic) bond motifs is 1. The number of hydrogen-bond donors (Lipinski definition) is 0. The van der Waals surface area contributed by atoms with E-state index in [0.29, 0.717) is 24.5 Å². The smallest absolute Gasteiger partial charge is 0.190 e. The molecule has 4 nitrogen and oxygen atoms in total. The van der Waals surface area contributed by atoms with Crippen molar-refractivity contribution in [3.05, 3.63) is 24.3 Å². The van der Waals surface area contributed by atoms with Gasteiger partial charge in [-0.3, -0.25) is 4.79 Å². The van der Waals surface area contributed by atoms with Gasteiger partial charge in [0.1, 0.15) is 6.61 Å². The largest absolute Gasteiger partial charge is 0.485 e. The average molecular weight is 262 g/mol. The fourth-order valence-electron chi connectivity index (χ4n) is 2.51. The summed E-state index contributed by atoms with van der Waals surface area (Å²) < 4.78 is 16.8. The molecule has 1 fully saturated rings. The van der Waals surface area contributed by atoms with Crippen LogP contribution in [0.25, 0.3) is 0 Å². The zero-order chi connectivity index (χ0) is 13.1. The van der Waals surface area contributed by atoms with Crippen LogP contribution in [0.15, 0.2) is 24.3 Å². The SMILES string of the molecule is O=C(CCC1CCCO1)C1COc2ccccc2O1. The molecular weight excluding hydrogens is 244 g/mol. The number of carbonyl (C=O) groups is 1. The molecule has 1 aromatic carbocycles. The summed E-state index contributed by atoms with van der Waals surface area (Å²) in [5.41, 5.74) is 0. The van der Waals surface area contributed by atoms with Crippen molar-refractivity contribution in [2.24, 2.45) is 0 Å². The number of ether oxygens (including phenoxy) is 3. The zero-order valence-corrected chi connectivity index (χ0v) is 10.8. The summed E-state index contributed by atoms with van der Waals surface area (Å²) in [5, 5.41) is 0. The van der Waals surface area contributed by atoms with Crippen molar-refractivity contribution in [2.45, 2.75) is 37.9 Å². The lowest BCUT2D eigenvalue weighted by Gasteiger charge is -2.25. The summed E-state index contributed by atoms with van der Waals surface area (Å²) in [7, 11) is 0. The normalized spacial score (nSPS) is 25.3. The zero-order valence-electron chi connectivity index (χ0n) is 10.8. The van der Waals surface area contributed by atoms with Crippen molar-refractivity contribution in [3.63, 3.8) is 0 Å². The Morgan fingerprint density at radius 3 is 2.89 bits per heavy atom. The van der Waals surface area contributed by atoms with Crippen molar-refractivity contribution in [3.8, 4) is 11.5 Å². The van der Waals surface area contributed by atoms with Crippen LogP contribution in [0, 0.1) is 0 Å². The summed E-state index contributed by atoms with van der Waals surface area (Å²) in [6.45, 7) is 1.14. The molecule has 4 heteroatoms. The lowest BCUT2D eigenvalue weighted by atomic mass is 10.1. The Bertz CT molecular complexity index is 451. The van der Waals surface area contributed by atoms with Crippen LogP contribution in [0.5, 0.6) is 11.5 Å². The molecule has 2 atom stereocenters. The van der Waals surface area contributed by atoms with Crippen LogP contribution in [0.3, 0.4) is 0 Å². The van der Waals surface area contributed by atoms with Crippen LogP contribution < -0.4 is 9.47 Å². The number of Topliss-reactive ketones (excluding diaryl/α,β-unsaturated/α-hetero) is 1. The molecule has 19 heavy (non-hydrogen) atoms. The van der Waals surface area contributed by atoms with Gasteiger partial charge in [-0.25, -0.2) is 0 Å². The van der Waals surface area contributed by atoms with E-state index in [1.54, 1.807) is 0 Å². The fourth-order valence-corrected chi connectivity index (χ4v) is 2.51. The molecule has 2 aliphatic rings. The minimum absolute atomic E-state index is 0.102. The molecule has 0 aromatic heterocycles. The topological polar surface area (TPSA) is 44.8 Å². The van der Waals surface area contributed by atoms with E-state index in [1.807, 2.05) is 24.3 Å². The lowest BCUT2D eigenvalue weighted by molar-refractivity contribution is -0.128. The van der Waals surface area contributed by atoms with Crippen molar-refractivity contribution in [1.29, 1.82) is 0 Å². The highest BCUT2D eigenvalue weighted by atomic mass is 16.6. The third-order valence-corrected chi connectivity index (χ3v) is 3.60. The molecule has 0 bridgehead atoms. The van der Waals surface area contributed by atoms with Gasteiger partial charge in [0.05, 0.1) is 6.10 Å². The first kappa shape index (κ1) is 12.5. The van der Waals surface area contributed by atoms with Crippen LogP contribution >= 0.6 is 0 Å². The molecule has 2 aliphatic heterocycles. The Balaban J connectivity index is 1.54. The average Bonchev–Trinajstić information content (AvgIpc) is 2.97. The Morgan fingerprint density at radius 2 is 2.11 bits per heavy atom. The molecule has 1 aromatic rings. The standard InChI is InChI=1S/C15H18O4/c16-12(8-7-11-4-3-9-17-11)15-10-18-13-5-1-2-6-14(13)19-15/h1-2,5-6,11,15H,3-4,7-10H2. The van der Waals surface area contributed by atoms with E-state index in [1.165, 1.54) is 0 Å². The monoisotopic (exact) mass is 262 g/mol. The highest BCUT2D eigenvalue weighted by molar-refractivity contribution is 5.84. The second kappa shape index (κ2) is 5.61. The molecule has 3 rings (SSSR count). The number of carbonyl (C=O) groups excluding carboxylic acids is 1. The summed E-state index contributed by atoms with van der Waals surface area (Å²) in [6.07, 6.45) is 3.24. The van der Waals surface area contributed by atoms with Crippen molar-refractivity contribution < 1.29 is 19.0 Å². The van der Waals surface area contributed by atoms with Gasteiger partial charge in [0.2, 0.25) is 0 Å². The maximum atomic E-state index is 12.1. The highest BCUT2D eigenvalue weighted by Crippen LogP contribution is 2.31. The van der Waals surface area contributed by atoms with E-state index in [4.69, 9.17) is 14.2 Å². The van der Waals surface area contributed by atoms with Crippen molar-refractivity contribution in [2.75, 3.05) is 13.2 Å². The molecule has 102 valence electrons. The molecular formula is C15H18O4. The summed E-state index contributed by atoms with van der Waals surface area (Å²) >= 11 is 0. The summed E-state index contributed by atoms with van der Waals surface area (Å²) in [4.78, 5) is 12.1. The number of para-hydroxylation sites is 2. The van der Waals surface area contributed by atoms with Gasteiger partial charge in [-0.15, -0.1) is 0 Å². The lowest BCUT2D eigenvalue weighted by Crippen LogP contribution is -2.36. The molecule has 0 saturated carbocycles. The van der Waals surface area contributed by atoms with E-state index >= 15 is 0 Å². The van der Waals surface area contributed by atoms with Gasteiger partial charge in [0, 0.05) is 13.0 Å². The van der Waals surface area contributed by atoms with Gasteiger partial charge in [0.15, 0.2) is 23.4 Å². The summed E-state index contributed by atoms with van der Waals surface area (Å²) in [6, 6.07) is 7.44. The van der Waals surface area contributed by atoms with E-state index in [0.717, 1.165) is 25.9 Å². The van der Waals surface area contributed by atoms with Crippen molar-refractivity contribution >= 4 is 5.78 Å². The first-order valence-electron chi connectivity index (χ1n) is 6.86. The van der Waals surface area contributed by atoms with Crippen LogP contribution in [0.2, 0.25) is 0 Å². The van der Waals surface area contributed by atoms with E-state index in [9.17, 15) is 4.79 Å². The molecule has 0 N–H and O–H groups in total. The van der Waals surface area contributed by atoms with Crippen LogP contribution in [0.4, 0.5) is 0 Å². The van der Waals surface area contributed by atoms with Gasteiger partial charge >= 0.3 is 0 Å². The molecule has 2 unspecified atom stereocenters. The minimum Gasteiger partial charge on any atom is -0.485 e. The second-order valence-corrected chi connectivity index (χ2v) is 5.00. The molecule has 1 saturated heterocycles. The van der Waals surface area contributed by atoms with Gasteiger partial charge in [-0.1, -0.05) is 12.1 Å². The Kier molecular flexibility index (Phi) is 3.69. The van der Waals surface area contributed by atoms with Gasteiger partial charge < -0.3 is 14.2 Å². The van der Waals surface area contributed by atoms with E-state index in [-0.39, 0.29) is 11.9 Å². The first-order valence-corrected chi connectivity index (χ1v) is 6.86. The minimum atomic E-state index is -0.476. The summed E-state index contributed by atoms with van der Waals surface area (Å²) in [5.74, 6) is 1.47. The van der Waals surface area contributed by atoms with Crippen molar-refractivity contribution in [1.82, 2.24) is 0 Å². The number of hydrogen-bond acceptors (Lipinski definition) is 4. The molecule has 2 heterocycles. The Labute approximate surface area is 112 Å². The number of rotatable bonds is 4. The fraction of sp³-hybridized carbons (Fsp3) is 0.533. The molecule has 0 aliphatic carbocycles. The highest BCUT2D eigenvalue weighted by Gasteiger charge is 2.27.